The summed E-state index contributed by atoms with van der Waals surface area (Å²) in [4.78, 5) is 31.5. The molecule has 1 saturated heterocycles. The molecule has 0 aliphatic carbocycles. The molecule has 0 saturated carbocycles. The Labute approximate surface area is 156 Å². The topological polar surface area (TPSA) is 79.0 Å². The Morgan fingerprint density at radius 3 is 2.22 bits per heavy atom. The van der Waals surface area contributed by atoms with Gasteiger partial charge in [0.1, 0.15) is 0 Å². The van der Waals surface area contributed by atoms with Crippen molar-refractivity contribution in [2.45, 2.75) is 0 Å². The molecular weight excluding hydrogens is 475 g/mol. The lowest BCUT2D eigenvalue weighted by atomic mass is 10.1. The van der Waals surface area contributed by atoms with Gasteiger partial charge in [0.15, 0.2) is 0 Å². The van der Waals surface area contributed by atoms with Gasteiger partial charge in [-0.3, -0.25) is 14.6 Å². The minimum Gasteiger partial charge on any atom is -0.404 e. The Bertz CT molecular complexity index is 637. The normalized spacial score (nSPS) is 16.0. The molecule has 122 valence electrons. The van der Waals surface area contributed by atoms with E-state index in [0.29, 0.717) is 36.2 Å². The zero-order valence-electron chi connectivity index (χ0n) is 12.3. The van der Waals surface area contributed by atoms with E-state index in [2.05, 4.69) is 20.9 Å². The van der Waals surface area contributed by atoms with Crippen LogP contribution in [0.3, 0.4) is 0 Å². The lowest BCUT2D eigenvalue weighted by Crippen LogP contribution is -2.49. The lowest BCUT2D eigenvalue weighted by molar-refractivity contribution is 0.0678. The van der Waals surface area contributed by atoms with E-state index in [9.17, 15) is 9.59 Å². The van der Waals surface area contributed by atoms with Crippen LogP contribution < -0.4 is 5.73 Å². The molecule has 2 rings (SSSR count). The fourth-order valence-corrected chi connectivity index (χ4v) is 2.72. The number of nitrogens with zero attached hydrogens (tertiary/aromatic N) is 3. The predicted octanol–water partition coefficient (Wildman–Crippen LogP) is 2.90. The molecule has 6 nitrogen and oxygen atoms in total. The molecule has 0 radical (unpaired) electrons. The summed E-state index contributed by atoms with van der Waals surface area (Å²) >= 11 is 5.01. The van der Waals surface area contributed by atoms with Gasteiger partial charge in [0, 0.05) is 66.7 Å². The smallest absolute Gasteiger partial charge is 0.283 e. The zero-order chi connectivity index (χ0) is 16.8. The van der Waals surface area contributed by atoms with Crippen molar-refractivity contribution in [1.82, 2.24) is 9.80 Å². The molecule has 2 amide bonds. The highest BCUT2D eigenvalue weighted by molar-refractivity contribution is 14.1. The van der Waals surface area contributed by atoms with Crippen molar-refractivity contribution in [1.29, 1.82) is 0 Å². The van der Waals surface area contributed by atoms with E-state index in [4.69, 9.17) is 5.73 Å². The van der Waals surface area contributed by atoms with Gasteiger partial charge in [0.25, 0.3) is 9.82 Å². The maximum atomic E-state index is 12.4. The number of amides is 2. The van der Waals surface area contributed by atoms with Crippen molar-refractivity contribution in [3.8, 4) is 0 Å². The standard InChI is InChI=1S/C15H16BrIN4O2/c16-12(9-18)10-19-13-3-1-11(2-4-13)14(22)20-5-7-21(8-6-20)15(17)23/h1-4,9-10H,5-8,18H2. The highest BCUT2D eigenvalue weighted by atomic mass is 127. The van der Waals surface area contributed by atoms with Crippen LogP contribution in [0.5, 0.6) is 0 Å². The quantitative estimate of drug-likeness (QED) is 0.306. The van der Waals surface area contributed by atoms with E-state index < -0.39 is 0 Å². The van der Waals surface area contributed by atoms with Gasteiger partial charge in [-0.05, 0) is 40.2 Å². The molecule has 0 bridgehead atoms. The molecule has 0 atom stereocenters. The van der Waals surface area contributed by atoms with Crippen LogP contribution in [0.2, 0.25) is 0 Å². The van der Waals surface area contributed by atoms with Crippen LogP contribution in [-0.2, 0) is 0 Å². The number of halogens is 2. The molecule has 0 aromatic heterocycles. The SMILES string of the molecule is NC=C(Br)C=Nc1ccc(C(=O)N2CCN(C(=O)I)CC2)cc1. The summed E-state index contributed by atoms with van der Waals surface area (Å²) in [5.74, 6) is -0.0240. The zero-order valence-corrected chi connectivity index (χ0v) is 16.0. The van der Waals surface area contributed by atoms with Gasteiger partial charge in [-0.15, -0.1) is 0 Å². The minimum atomic E-state index is -0.0240. The first kappa shape index (κ1) is 17.9. The summed E-state index contributed by atoms with van der Waals surface area (Å²) in [6.07, 6.45) is 3.00. The number of rotatable bonds is 3. The third kappa shape index (κ3) is 5.03. The van der Waals surface area contributed by atoms with E-state index in [0.717, 1.165) is 5.69 Å². The monoisotopic (exact) mass is 490 g/mol. The maximum Gasteiger partial charge on any atom is 0.283 e. The molecule has 1 aromatic rings. The van der Waals surface area contributed by atoms with E-state index in [1.807, 2.05) is 0 Å². The summed E-state index contributed by atoms with van der Waals surface area (Å²) in [5, 5.41) is 0. The van der Waals surface area contributed by atoms with Gasteiger partial charge in [-0.2, -0.15) is 0 Å². The van der Waals surface area contributed by atoms with Gasteiger partial charge in [-0.1, -0.05) is 0 Å². The second-order valence-electron chi connectivity index (χ2n) is 4.89. The third-order valence-corrected chi connectivity index (χ3v) is 4.58. The van der Waals surface area contributed by atoms with Crippen molar-refractivity contribution in [2.75, 3.05) is 26.2 Å². The van der Waals surface area contributed by atoms with Crippen molar-refractivity contribution in [3.05, 3.63) is 40.5 Å². The Morgan fingerprint density at radius 2 is 1.70 bits per heavy atom. The lowest BCUT2D eigenvalue weighted by Gasteiger charge is -2.33. The number of aliphatic imine (C=N–C) groups is 1. The highest BCUT2D eigenvalue weighted by Gasteiger charge is 2.23. The van der Waals surface area contributed by atoms with Gasteiger partial charge in [-0.25, -0.2) is 0 Å². The highest BCUT2D eigenvalue weighted by Crippen LogP contribution is 2.16. The van der Waals surface area contributed by atoms with Crippen LogP contribution >= 0.6 is 38.5 Å². The predicted molar refractivity (Wildman–Crippen MR) is 103 cm³/mol. The summed E-state index contributed by atoms with van der Waals surface area (Å²) < 4.78 is 0.704. The first-order valence-electron chi connectivity index (χ1n) is 6.96. The number of carbonyl (C=O) groups excluding carboxylic acids is 2. The van der Waals surface area contributed by atoms with Crippen molar-refractivity contribution < 1.29 is 9.59 Å². The van der Waals surface area contributed by atoms with Crippen LogP contribution in [0.25, 0.3) is 0 Å². The summed E-state index contributed by atoms with van der Waals surface area (Å²) in [5.41, 5.74) is 6.69. The van der Waals surface area contributed by atoms with Gasteiger partial charge < -0.3 is 15.5 Å². The van der Waals surface area contributed by atoms with Crippen molar-refractivity contribution >= 4 is 60.2 Å². The average Bonchev–Trinajstić information content (AvgIpc) is 2.59. The fourth-order valence-electron chi connectivity index (χ4n) is 2.14. The molecule has 2 N–H and O–H groups in total. The van der Waals surface area contributed by atoms with Crippen LogP contribution in [0.4, 0.5) is 10.5 Å². The van der Waals surface area contributed by atoms with Crippen LogP contribution in [0, 0.1) is 0 Å². The number of hydrogen-bond donors (Lipinski definition) is 1. The molecule has 1 aliphatic heterocycles. The van der Waals surface area contributed by atoms with Gasteiger partial charge >= 0.3 is 0 Å². The Balaban J connectivity index is 1.98. The molecular formula is C15H16BrIN4O2. The van der Waals surface area contributed by atoms with E-state index >= 15 is 0 Å². The second kappa shape index (κ2) is 8.44. The number of piperazine rings is 1. The largest absolute Gasteiger partial charge is 0.404 e. The first-order chi connectivity index (χ1) is 11.0. The Kier molecular flexibility index (Phi) is 6.58. The van der Waals surface area contributed by atoms with E-state index in [-0.39, 0.29) is 9.82 Å². The number of allylic oxidation sites excluding steroid dienone is 1. The molecule has 1 aromatic carbocycles. The fraction of sp³-hybridized carbons (Fsp3) is 0.267. The van der Waals surface area contributed by atoms with Crippen molar-refractivity contribution in [2.24, 2.45) is 10.7 Å². The minimum absolute atomic E-state index is 0.0228. The summed E-state index contributed by atoms with van der Waals surface area (Å²) in [6.45, 7) is 2.27. The number of benzene rings is 1. The van der Waals surface area contributed by atoms with Crippen LogP contribution in [0.15, 0.2) is 39.9 Å². The Hall–Kier alpha value is -1.42. The van der Waals surface area contributed by atoms with Crippen LogP contribution in [-0.4, -0.2) is 52.0 Å². The number of carbonyl (C=O) groups is 2. The molecule has 1 aliphatic rings. The summed E-state index contributed by atoms with van der Waals surface area (Å²) in [7, 11) is 0. The van der Waals surface area contributed by atoms with Gasteiger partial charge in [0.05, 0.1) is 10.2 Å². The van der Waals surface area contributed by atoms with Gasteiger partial charge in [0.2, 0.25) is 0 Å². The molecule has 1 fully saturated rings. The summed E-state index contributed by atoms with van der Waals surface area (Å²) in [6, 6.07) is 7.08. The Morgan fingerprint density at radius 1 is 1.13 bits per heavy atom. The van der Waals surface area contributed by atoms with Crippen molar-refractivity contribution in [3.63, 3.8) is 0 Å². The molecule has 1 heterocycles. The second-order valence-corrected chi connectivity index (χ2v) is 6.73. The molecule has 23 heavy (non-hydrogen) atoms. The third-order valence-electron chi connectivity index (χ3n) is 3.43. The molecule has 8 heteroatoms. The molecule has 0 spiro atoms. The maximum absolute atomic E-state index is 12.4. The number of hydrogen-bond acceptors (Lipinski definition) is 4. The molecule has 0 unspecified atom stereocenters. The van der Waals surface area contributed by atoms with E-state index in [1.165, 1.54) is 6.20 Å². The number of nitrogens with two attached hydrogens (primary N) is 1. The van der Waals surface area contributed by atoms with E-state index in [1.54, 1.807) is 62.9 Å². The first-order valence-corrected chi connectivity index (χ1v) is 8.83. The van der Waals surface area contributed by atoms with Crippen LogP contribution in [0.1, 0.15) is 10.4 Å². The average molecular weight is 491 g/mol.